The lowest BCUT2D eigenvalue weighted by Gasteiger charge is -2.34. The van der Waals surface area contributed by atoms with E-state index >= 15 is 0 Å². The summed E-state index contributed by atoms with van der Waals surface area (Å²) in [6.07, 6.45) is 4.97. The second kappa shape index (κ2) is 7.34. The van der Waals surface area contributed by atoms with Crippen molar-refractivity contribution in [2.24, 2.45) is 0 Å². The number of aromatic nitrogens is 1. The summed E-state index contributed by atoms with van der Waals surface area (Å²) in [5.41, 5.74) is 2.76. The van der Waals surface area contributed by atoms with Gasteiger partial charge >= 0.3 is 0 Å². The van der Waals surface area contributed by atoms with Crippen LogP contribution in [0.3, 0.4) is 0 Å². The zero-order chi connectivity index (χ0) is 14.3. The Kier molecular flexibility index (Phi) is 4.98. The maximum atomic E-state index is 4.19. The molecule has 0 aliphatic carbocycles. The minimum Gasteiger partial charge on any atom is -0.300 e. The predicted octanol–water partition coefficient (Wildman–Crippen LogP) is 2.44. The molecule has 2 heterocycles. The molecule has 1 fully saturated rings. The summed E-state index contributed by atoms with van der Waals surface area (Å²) in [6.45, 7) is 6.86. The van der Waals surface area contributed by atoms with E-state index in [1.807, 2.05) is 18.5 Å². The highest BCUT2D eigenvalue weighted by Gasteiger charge is 2.16. The lowest BCUT2D eigenvalue weighted by molar-refractivity contribution is 0.128. The van der Waals surface area contributed by atoms with E-state index in [1.54, 1.807) is 0 Å². The molecule has 21 heavy (non-hydrogen) atoms. The third-order valence-electron chi connectivity index (χ3n) is 4.15. The normalized spacial score (nSPS) is 17.0. The van der Waals surface area contributed by atoms with Crippen molar-refractivity contribution in [3.63, 3.8) is 0 Å². The lowest BCUT2D eigenvalue weighted by atomic mass is 10.1. The summed E-state index contributed by atoms with van der Waals surface area (Å²) in [7, 11) is 0. The van der Waals surface area contributed by atoms with E-state index in [9.17, 15) is 0 Å². The van der Waals surface area contributed by atoms with Crippen LogP contribution in [0.2, 0.25) is 0 Å². The Hall–Kier alpha value is -1.71. The van der Waals surface area contributed by atoms with Gasteiger partial charge in [-0.05, 0) is 23.6 Å². The average molecular weight is 281 g/mol. The first kappa shape index (κ1) is 14.2. The van der Waals surface area contributed by atoms with Crippen molar-refractivity contribution >= 4 is 0 Å². The van der Waals surface area contributed by atoms with Crippen LogP contribution in [0.1, 0.15) is 11.1 Å². The number of rotatable bonds is 5. The molecule has 0 atom stereocenters. The van der Waals surface area contributed by atoms with E-state index in [0.29, 0.717) is 0 Å². The highest BCUT2D eigenvalue weighted by molar-refractivity contribution is 5.15. The minimum atomic E-state index is 1.03. The van der Waals surface area contributed by atoms with Crippen LogP contribution in [-0.2, 0) is 13.0 Å². The van der Waals surface area contributed by atoms with Gasteiger partial charge in [-0.1, -0.05) is 36.4 Å². The molecule has 110 valence electrons. The van der Waals surface area contributed by atoms with Crippen molar-refractivity contribution in [3.05, 3.63) is 66.0 Å². The van der Waals surface area contributed by atoms with E-state index in [1.165, 1.54) is 30.8 Å². The topological polar surface area (TPSA) is 19.4 Å². The number of pyridine rings is 1. The Morgan fingerprint density at radius 1 is 0.810 bits per heavy atom. The molecule has 0 saturated carbocycles. The van der Waals surface area contributed by atoms with Gasteiger partial charge in [-0.2, -0.15) is 0 Å². The Labute approximate surface area is 127 Å². The smallest absolute Gasteiger partial charge is 0.0312 e. The molecular weight excluding hydrogens is 258 g/mol. The molecule has 3 heteroatoms. The maximum absolute atomic E-state index is 4.19. The van der Waals surface area contributed by atoms with Crippen molar-refractivity contribution < 1.29 is 0 Å². The van der Waals surface area contributed by atoms with Crippen molar-refractivity contribution in [1.29, 1.82) is 0 Å². The molecule has 0 N–H and O–H groups in total. The molecule has 2 aromatic rings. The number of hydrogen-bond donors (Lipinski definition) is 0. The van der Waals surface area contributed by atoms with E-state index in [4.69, 9.17) is 0 Å². The van der Waals surface area contributed by atoms with Crippen LogP contribution >= 0.6 is 0 Å². The molecule has 1 aliphatic heterocycles. The van der Waals surface area contributed by atoms with Crippen molar-refractivity contribution in [2.45, 2.75) is 13.0 Å². The third kappa shape index (κ3) is 4.38. The predicted molar refractivity (Wildman–Crippen MR) is 86.1 cm³/mol. The van der Waals surface area contributed by atoms with E-state index < -0.39 is 0 Å². The molecule has 0 amide bonds. The summed E-state index contributed by atoms with van der Waals surface area (Å²) >= 11 is 0. The van der Waals surface area contributed by atoms with Crippen molar-refractivity contribution in [3.8, 4) is 0 Å². The van der Waals surface area contributed by atoms with Crippen LogP contribution in [0, 0.1) is 0 Å². The second-order valence-electron chi connectivity index (χ2n) is 5.71. The van der Waals surface area contributed by atoms with Crippen LogP contribution in [0.25, 0.3) is 0 Å². The number of hydrogen-bond acceptors (Lipinski definition) is 3. The van der Waals surface area contributed by atoms with Crippen LogP contribution in [0.15, 0.2) is 54.9 Å². The first-order valence-corrected chi connectivity index (χ1v) is 7.78. The molecule has 1 aromatic heterocycles. The Morgan fingerprint density at radius 3 is 2.24 bits per heavy atom. The van der Waals surface area contributed by atoms with Gasteiger partial charge in [-0.25, -0.2) is 0 Å². The van der Waals surface area contributed by atoms with Gasteiger partial charge < -0.3 is 4.90 Å². The van der Waals surface area contributed by atoms with E-state index in [0.717, 1.165) is 26.1 Å². The second-order valence-corrected chi connectivity index (χ2v) is 5.71. The fourth-order valence-corrected chi connectivity index (χ4v) is 2.85. The fraction of sp³-hybridized carbons (Fsp3) is 0.389. The van der Waals surface area contributed by atoms with E-state index in [-0.39, 0.29) is 0 Å². The van der Waals surface area contributed by atoms with Gasteiger partial charge in [0.25, 0.3) is 0 Å². The fourth-order valence-electron chi connectivity index (χ4n) is 2.85. The molecule has 3 rings (SSSR count). The molecule has 1 aromatic carbocycles. The summed E-state index contributed by atoms with van der Waals surface area (Å²) < 4.78 is 0. The molecule has 1 aliphatic rings. The van der Waals surface area contributed by atoms with Crippen molar-refractivity contribution in [1.82, 2.24) is 14.8 Å². The highest BCUT2D eigenvalue weighted by Crippen LogP contribution is 2.08. The monoisotopic (exact) mass is 281 g/mol. The van der Waals surface area contributed by atoms with E-state index in [2.05, 4.69) is 51.2 Å². The van der Waals surface area contributed by atoms with Gasteiger partial charge in [0.2, 0.25) is 0 Å². The summed E-state index contributed by atoms with van der Waals surface area (Å²) in [5.74, 6) is 0. The van der Waals surface area contributed by atoms with Gasteiger partial charge in [0.05, 0.1) is 0 Å². The summed E-state index contributed by atoms with van der Waals surface area (Å²) in [4.78, 5) is 9.29. The van der Waals surface area contributed by atoms with Gasteiger partial charge in [-0.15, -0.1) is 0 Å². The zero-order valence-corrected chi connectivity index (χ0v) is 12.5. The zero-order valence-electron chi connectivity index (χ0n) is 12.5. The standard InChI is InChI=1S/C18H23N3/c1-2-5-17(6-3-1)8-10-20-11-13-21(14-12-20)16-18-7-4-9-19-15-18/h1-7,9,15H,8,10-14,16H2. The number of benzene rings is 1. The largest absolute Gasteiger partial charge is 0.300 e. The number of piperazine rings is 1. The molecule has 1 saturated heterocycles. The van der Waals surface area contributed by atoms with Crippen LogP contribution in [-0.4, -0.2) is 47.5 Å². The Bertz CT molecular complexity index is 519. The van der Waals surface area contributed by atoms with Crippen LogP contribution in [0.4, 0.5) is 0 Å². The Balaban J connectivity index is 1.41. The lowest BCUT2D eigenvalue weighted by Crippen LogP contribution is -2.46. The molecule has 0 bridgehead atoms. The average Bonchev–Trinajstić information content (AvgIpc) is 2.56. The quantitative estimate of drug-likeness (QED) is 0.839. The first-order chi connectivity index (χ1) is 10.4. The molecule has 3 nitrogen and oxygen atoms in total. The SMILES string of the molecule is c1ccc(CCN2CCN(Cc3cccnc3)CC2)cc1. The Morgan fingerprint density at radius 2 is 1.52 bits per heavy atom. The summed E-state index contributed by atoms with van der Waals surface area (Å²) in [6, 6.07) is 15.0. The first-order valence-electron chi connectivity index (χ1n) is 7.78. The maximum Gasteiger partial charge on any atom is 0.0312 e. The van der Waals surface area contributed by atoms with Gasteiger partial charge in [0.15, 0.2) is 0 Å². The third-order valence-corrected chi connectivity index (χ3v) is 4.15. The van der Waals surface area contributed by atoms with Gasteiger partial charge in [0.1, 0.15) is 0 Å². The minimum absolute atomic E-state index is 1.03. The molecule has 0 unspecified atom stereocenters. The highest BCUT2D eigenvalue weighted by atomic mass is 15.3. The molecule has 0 spiro atoms. The number of nitrogens with zero attached hydrogens (tertiary/aromatic N) is 3. The van der Waals surface area contributed by atoms with Crippen molar-refractivity contribution in [2.75, 3.05) is 32.7 Å². The van der Waals surface area contributed by atoms with Gasteiger partial charge in [-0.3, -0.25) is 9.88 Å². The van der Waals surface area contributed by atoms with Gasteiger partial charge in [0, 0.05) is 51.7 Å². The molecule has 0 radical (unpaired) electrons. The van der Waals surface area contributed by atoms with Crippen LogP contribution in [0.5, 0.6) is 0 Å². The van der Waals surface area contributed by atoms with Crippen LogP contribution < -0.4 is 0 Å². The summed E-state index contributed by atoms with van der Waals surface area (Å²) in [5, 5.41) is 0. The molecular formula is C18H23N3.